The number of nitrogens with zero attached hydrogens (tertiary/aromatic N) is 2. The first-order valence-electron chi connectivity index (χ1n) is 13.4. The number of carbonyl (C=O) groups is 2. The van der Waals surface area contributed by atoms with Crippen LogP contribution < -0.4 is 10.7 Å². The Bertz CT molecular complexity index is 1490. The van der Waals surface area contributed by atoms with Gasteiger partial charge in [-0.15, -0.1) is 0 Å². The summed E-state index contributed by atoms with van der Waals surface area (Å²) in [6.07, 6.45) is 2.09. The first kappa shape index (κ1) is 28.5. The van der Waals surface area contributed by atoms with Gasteiger partial charge in [-0.2, -0.15) is 0 Å². The molecule has 0 atom stereocenters. The third kappa shape index (κ3) is 7.79. The fraction of sp³-hybridized carbons (Fsp3) is 0.281. The molecule has 4 aromatic rings. The van der Waals surface area contributed by atoms with Gasteiger partial charge in [-0.3, -0.25) is 9.59 Å². The number of fused-ring (bicyclic) bond motifs is 1. The third-order valence-corrected chi connectivity index (χ3v) is 6.63. The lowest BCUT2D eigenvalue weighted by molar-refractivity contribution is -0.133. The molecule has 3 aromatic carbocycles. The summed E-state index contributed by atoms with van der Waals surface area (Å²) in [4.78, 5) is 43.1. The van der Waals surface area contributed by atoms with E-state index in [2.05, 4.69) is 19.2 Å². The highest BCUT2D eigenvalue weighted by Gasteiger charge is 2.23. The highest BCUT2D eigenvalue weighted by Crippen LogP contribution is 2.15. The third-order valence-electron chi connectivity index (χ3n) is 6.63. The molecule has 0 aliphatic rings. The van der Waals surface area contributed by atoms with Crippen LogP contribution in [-0.2, 0) is 24.4 Å². The lowest BCUT2D eigenvalue weighted by Crippen LogP contribution is -2.47. The molecule has 0 aliphatic heterocycles. The van der Waals surface area contributed by atoms with Crippen LogP contribution in [0, 0.1) is 11.7 Å². The van der Waals surface area contributed by atoms with Gasteiger partial charge in [0.05, 0.1) is 23.8 Å². The molecule has 40 heavy (non-hydrogen) atoms. The number of hydrogen-bond donors (Lipinski definition) is 1. The van der Waals surface area contributed by atoms with E-state index in [4.69, 9.17) is 4.42 Å². The van der Waals surface area contributed by atoms with Crippen molar-refractivity contribution in [1.29, 1.82) is 0 Å². The van der Waals surface area contributed by atoms with Gasteiger partial charge in [-0.05, 0) is 47.7 Å². The molecule has 0 spiro atoms. The zero-order valence-electron chi connectivity index (χ0n) is 22.8. The number of rotatable bonds is 11. The predicted octanol–water partition coefficient (Wildman–Crippen LogP) is 5.72. The van der Waals surface area contributed by atoms with Gasteiger partial charge in [0.15, 0.2) is 5.43 Å². The smallest absolute Gasteiger partial charge is 0.318 e. The molecule has 0 radical (unpaired) electrons. The zero-order chi connectivity index (χ0) is 28.5. The predicted molar refractivity (Wildman–Crippen MR) is 153 cm³/mol. The first-order valence-corrected chi connectivity index (χ1v) is 13.4. The number of benzene rings is 3. The van der Waals surface area contributed by atoms with Crippen molar-refractivity contribution in [3.63, 3.8) is 0 Å². The molecule has 1 aromatic heterocycles. The van der Waals surface area contributed by atoms with Gasteiger partial charge >= 0.3 is 6.03 Å². The molecule has 0 fully saturated rings. The molecule has 0 saturated carbocycles. The van der Waals surface area contributed by atoms with E-state index >= 15 is 0 Å². The van der Waals surface area contributed by atoms with Crippen LogP contribution in [0.1, 0.15) is 37.0 Å². The van der Waals surface area contributed by atoms with Crippen LogP contribution in [0.15, 0.2) is 94.3 Å². The number of nitrogens with one attached hydrogen (secondary N) is 1. The summed E-state index contributed by atoms with van der Waals surface area (Å²) in [5.74, 6) is -0.390. The van der Waals surface area contributed by atoms with Crippen LogP contribution in [0.25, 0.3) is 11.0 Å². The number of amides is 3. The number of halogens is 1. The molecule has 0 unspecified atom stereocenters. The molecule has 0 aliphatic carbocycles. The summed E-state index contributed by atoms with van der Waals surface area (Å²) in [5.41, 5.74) is 2.20. The lowest BCUT2D eigenvalue weighted by Gasteiger charge is -2.28. The summed E-state index contributed by atoms with van der Waals surface area (Å²) in [7, 11) is 0. The Morgan fingerprint density at radius 3 is 2.30 bits per heavy atom. The lowest BCUT2D eigenvalue weighted by atomic mass is 10.1. The molecule has 0 saturated heterocycles. The minimum atomic E-state index is -0.383. The Labute approximate surface area is 233 Å². The van der Waals surface area contributed by atoms with Crippen molar-refractivity contribution in [3.05, 3.63) is 118 Å². The number of hydrogen-bond acceptors (Lipinski definition) is 4. The molecular formula is C32H34FN3O4. The van der Waals surface area contributed by atoms with Gasteiger partial charge in [-0.1, -0.05) is 68.4 Å². The summed E-state index contributed by atoms with van der Waals surface area (Å²) in [5, 5.41) is 3.34. The molecule has 208 valence electrons. The van der Waals surface area contributed by atoms with E-state index in [0.29, 0.717) is 41.1 Å². The second-order valence-corrected chi connectivity index (χ2v) is 10.2. The fourth-order valence-corrected chi connectivity index (χ4v) is 4.29. The van der Waals surface area contributed by atoms with Crippen molar-refractivity contribution in [2.24, 2.45) is 5.92 Å². The summed E-state index contributed by atoms with van der Waals surface area (Å²) < 4.78 is 19.2. The van der Waals surface area contributed by atoms with Gasteiger partial charge < -0.3 is 19.5 Å². The van der Waals surface area contributed by atoms with Crippen molar-refractivity contribution in [3.8, 4) is 0 Å². The van der Waals surface area contributed by atoms with Crippen LogP contribution in [0.4, 0.5) is 9.18 Å². The van der Waals surface area contributed by atoms with Crippen LogP contribution in [0.5, 0.6) is 0 Å². The van der Waals surface area contributed by atoms with E-state index < -0.39 is 0 Å². The Kier molecular flexibility index (Phi) is 9.67. The number of para-hydroxylation sites is 1. The van der Waals surface area contributed by atoms with Crippen molar-refractivity contribution in [1.82, 2.24) is 15.1 Å². The molecule has 8 heteroatoms. The van der Waals surface area contributed by atoms with Gasteiger partial charge in [0.25, 0.3) is 0 Å². The molecular weight excluding hydrogens is 509 g/mol. The topological polar surface area (TPSA) is 82.9 Å². The second kappa shape index (κ2) is 13.6. The minimum Gasteiger partial charge on any atom is -0.464 e. The van der Waals surface area contributed by atoms with E-state index in [1.165, 1.54) is 28.2 Å². The zero-order valence-corrected chi connectivity index (χ0v) is 22.8. The number of carbonyl (C=O) groups excluding carboxylic acids is 2. The highest BCUT2D eigenvalue weighted by atomic mass is 19.1. The SMILES string of the molecule is CC(C)CCN(CC(=O)N(Cc1ccc(F)cc1)Cc1coc2ccccc2c1=O)C(=O)NCc1ccccc1. The van der Waals surface area contributed by atoms with Crippen LogP contribution in [-0.4, -0.2) is 34.8 Å². The maximum Gasteiger partial charge on any atom is 0.318 e. The second-order valence-electron chi connectivity index (χ2n) is 10.2. The van der Waals surface area contributed by atoms with Gasteiger partial charge in [0.1, 0.15) is 17.9 Å². The van der Waals surface area contributed by atoms with E-state index in [-0.39, 0.29) is 42.8 Å². The average Bonchev–Trinajstić information content (AvgIpc) is 2.96. The molecule has 0 bridgehead atoms. The Morgan fingerprint density at radius 1 is 0.875 bits per heavy atom. The monoisotopic (exact) mass is 543 g/mol. The van der Waals surface area contributed by atoms with Crippen molar-refractivity contribution >= 4 is 22.9 Å². The van der Waals surface area contributed by atoms with E-state index in [0.717, 1.165) is 12.0 Å². The maximum absolute atomic E-state index is 13.7. The van der Waals surface area contributed by atoms with Crippen LogP contribution in [0.3, 0.4) is 0 Å². The van der Waals surface area contributed by atoms with E-state index in [9.17, 15) is 18.8 Å². The van der Waals surface area contributed by atoms with E-state index in [1.807, 2.05) is 30.3 Å². The Morgan fingerprint density at radius 2 is 1.57 bits per heavy atom. The minimum absolute atomic E-state index is 0.0208. The average molecular weight is 544 g/mol. The summed E-state index contributed by atoms with van der Waals surface area (Å²) in [6, 6.07) is 22.0. The summed E-state index contributed by atoms with van der Waals surface area (Å²) in [6.45, 7) is 4.79. The standard InChI is InChI=1S/C32H34FN3O4/c1-23(2)16-17-35(32(39)34-18-24-8-4-3-5-9-24)21-30(37)36(19-25-12-14-27(33)15-13-25)20-26-22-40-29-11-7-6-10-28(29)31(26)38/h3-15,22-23H,16-21H2,1-2H3,(H,34,39). The molecule has 4 rings (SSSR count). The van der Waals surface area contributed by atoms with E-state index in [1.54, 1.807) is 36.4 Å². The van der Waals surface area contributed by atoms with Gasteiger partial charge in [0, 0.05) is 19.6 Å². The van der Waals surface area contributed by atoms with Gasteiger partial charge in [0.2, 0.25) is 5.91 Å². The summed E-state index contributed by atoms with van der Waals surface area (Å²) >= 11 is 0. The molecule has 1 heterocycles. The normalized spacial score (nSPS) is 11.0. The van der Waals surface area contributed by atoms with Crippen LogP contribution >= 0.6 is 0 Å². The quantitative estimate of drug-likeness (QED) is 0.262. The highest BCUT2D eigenvalue weighted by molar-refractivity contribution is 5.84. The first-order chi connectivity index (χ1) is 19.3. The fourth-order valence-electron chi connectivity index (χ4n) is 4.29. The Hall–Kier alpha value is -4.46. The Balaban J connectivity index is 1.56. The molecule has 7 nitrogen and oxygen atoms in total. The van der Waals surface area contributed by atoms with Crippen molar-refractivity contribution in [2.45, 2.75) is 39.9 Å². The van der Waals surface area contributed by atoms with Crippen molar-refractivity contribution in [2.75, 3.05) is 13.1 Å². The molecule has 1 N–H and O–H groups in total. The molecule has 3 amide bonds. The number of urea groups is 1. The largest absolute Gasteiger partial charge is 0.464 e. The van der Waals surface area contributed by atoms with Gasteiger partial charge in [-0.25, -0.2) is 9.18 Å². The maximum atomic E-state index is 13.7. The van der Waals surface area contributed by atoms with Crippen LogP contribution in [0.2, 0.25) is 0 Å². The van der Waals surface area contributed by atoms with Crippen molar-refractivity contribution < 1.29 is 18.4 Å².